The Morgan fingerprint density at radius 3 is 1.19 bits per heavy atom. The Morgan fingerprint density at radius 2 is 0.887 bits per heavy atom. The number of rotatable bonds is 14. The van der Waals surface area contributed by atoms with Crippen molar-refractivity contribution < 1.29 is 9.59 Å². The molecule has 0 spiro atoms. The molecular weight excluding hydrogens is 678 g/mol. The molecule has 2 amide bonds. The molecule has 0 aliphatic carbocycles. The number of hydrogen-bond acceptors (Lipinski definition) is 10. The molecule has 0 unspecified atom stereocenters. The fourth-order valence-corrected chi connectivity index (χ4v) is 4.49. The van der Waals surface area contributed by atoms with Crippen molar-refractivity contribution in [1.82, 2.24) is 21.7 Å². The molecule has 0 atom stereocenters. The second kappa shape index (κ2) is 18.3. The van der Waals surface area contributed by atoms with Crippen LogP contribution in [0.4, 0.5) is 11.4 Å². The second-order valence-corrected chi connectivity index (χ2v) is 11.2. The van der Waals surface area contributed by atoms with E-state index in [4.69, 9.17) is 38.8 Å². The van der Waals surface area contributed by atoms with E-state index in [0.717, 1.165) is 6.34 Å². The Labute approximate surface area is 305 Å². The molecule has 274 valence electrons. The van der Waals surface area contributed by atoms with Crippen LogP contribution in [0, 0.1) is 21.6 Å². The van der Waals surface area contributed by atoms with Crippen LogP contribution in [0.5, 0.6) is 0 Å². The molecule has 19 nitrogen and oxygen atoms in total. The number of carbonyl (C=O) groups is 2. The summed E-state index contributed by atoms with van der Waals surface area (Å²) in [6.45, 7) is 10.6. The molecule has 0 saturated carbocycles. The number of nitrogens with zero attached hydrogens (tertiary/aromatic N) is 4. The van der Waals surface area contributed by atoms with Gasteiger partial charge in [0.2, 0.25) is 17.9 Å². The lowest BCUT2D eigenvalue weighted by Gasteiger charge is -2.14. The van der Waals surface area contributed by atoms with Crippen LogP contribution < -0.4 is 49.5 Å². The first-order valence-electron chi connectivity index (χ1n) is 15.5. The summed E-state index contributed by atoms with van der Waals surface area (Å²) in [6, 6.07) is 14.8. The maximum Gasteiger partial charge on any atom is 0.255 e. The molecule has 19 heteroatoms. The number of hydrazone groups is 4. The van der Waals surface area contributed by atoms with Crippen molar-refractivity contribution in [1.29, 1.82) is 21.6 Å². The molecule has 3 aromatic carbocycles. The lowest BCUT2D eigenvalue weighted by molar-refractivity contribution is 0.102. The van der Waals surface area contributed by atoms with Crippen LogP contribution in [0.25, 0.3) is 6.08 Å². The van der Waals surface area contributed by atoms with E-state index in [0.29, 0.717) is 62.0 Å². The van der Waals surface area contributed by atoms with Gasteiger partial charge in [-0.2, -0.15) is 20.4 Å². The highest BCUT2D eigenvalue weighted by molar-refractivity contribution is 6.12. The quantitative estimate of drug-likeness (QED) is 0.0660. The predicted molar refractivity (Wildman–Crippen MR) is 211 cm³/mol. The van der Waals surface area contributed by atoms with Gasteiger partial charge in [0.05, 0.1) is 29.2 Å². The summed E-state index contributed by atoms with van der Waals surface area (Å²) in [6.07, 6.45) is 2.43. The summed E-state index contributed by atoms with van der Waals surface area (Å²) in [4.78, 5) is 27.4. The maximum absolute atomic E-state index is 13.7. The van der Waals surface area contributed by atoms with Crippen molar-refractivity contribution in [3.63, 3.8) is 0 Å². The van der Waals surface area contributed by atoms with Crippen molar-refractivity contribution in [3.8, 4) is 0 Å². The Balaban J connectivity index is 2.02. The fourth-order valence-electron chi connectivity index (χ4n) is 4.49. The third kappa shape index (κ3) is 12.0. The third-order valence-electron chi connectivity index (χ3n) is 7.10. The minimum atomic E-state index is -0.543. The van der Waals surface area contributed by atoms with Crippen LogP contribution >= 0.6 is 0 Å². The molecule has 0 radical (unpaired) electrons. The fraction of sp³-hybridized carbons (Fsp3) is 0.118. The van der Waals surface area contributed by atoms with Gasteiger partial charge in [0, 0.05) is 44.8 Å². The molecule has 3 aromatic rings. The van der Waals surface area contributed by atoms with Crippen LogP contribution in [0.15, 0.2) is 81.6 Å². The first-order valence-corrected chi connectivity index (χ1v) is 15.5. The largest absolute Gasteiger partial charge is 0.369 e. The van der Waals surface area contributed by atoms with Crippen molar-refractivity contribution in [2.24, 2.45) is 37.6 Å². The lowest BCUT2D eigenvalue weighted by atomic mass is 10.0. The Morgan fingerprint density at radius 1 is 0.566 bits per heavy atom. The lowest BCUT2D eigenvalue weighted by Crippen LogP contribution is -2.27. The number of nitrogens with one attached hydrogen (secondary N) is 10. The average molecular weight is 720 g/mol. The molecule has 53 heavy (non-hydrogen) atoms. The monoisotopic (exact) mass is 719 g/mol. The zero-order valence-corrected chi connectivity index (χ0v) is 29.4. The number of carbonyl (C=O) groups excluding carboxylic acids is 2. The predicted octanol–water partition coefficient (Wildman–Crippen LogP) is 2.38. The summed E-state index contributed by atoms with van der Waals surface area (Å²) in [5, 5.41) is 51.5. The van der Waals surface area contributed by atoms with Gasteiger partial charge < -0.3 is 27.8 Å². The third-order valence-corrected chi connectivity index (χ3v) is 7.10. The van der Waals surface area contributed by atoms with Gasteiger partial charge in [-0.15, -0.1) is 0 Å². The van der Waals surface area contributed by atoms with Crippen LogP contribution in [0.1, 0.15) is 76.2 Å². The number of guanidine groups is 3. The number of hydrogen-bond donors (Lipinski definition) is 13. The number of anilines is 2. The summed E-state index contributed by atoms with van der Waals surface area (Å²) < 4.78 is 0. The van der Waals surface area contributed by atoms with Crippen molar-refractivity contribution >= 4 is 76.3 Å². The van der Waals surface area contributed by atoms with E-state index in [2.05, 4.69) is 59.3 Å². The SMILES string of the molecule is C=Cc1cc(C(=O)Nc2cc(/C(C)=N\NC=N)cc(/C(C)=N\NC(=N)N)c2)cc(C(=O)Nc2cc(/C(C)=N\NC(=N)N)cc(/C(C)=N/NC(=N)N)c2)c1. The van der Waals surface area contributed by atoms with Gasteiger partial charge in [-0.1, -0.05) is 12.7 Å². The van der Waals surface area contributed by atoms with Crippen LogP contribution in [0.3, 0.4) is 0 Å². The van der Waals surface area contributed by atoms with E-state index in [1.807, 2.05) is 0 Å². The highest BCUT2D eigenvalue weighted by Gasteiger charge is 2.16. The summed E-state index contributed by atoms with van der Waals surface area (Å²) >= 11 is 0. The van der Waals surface area contributed by atoms with E-state index in [-0.39, 0.29) is 29.0 Å². The molecule has 0 aromatic heterocycles. The molecule has 0 fully saturated rings. The van der Waals surface area contributed by atoms with Gasteiger partial charge >= 0.3 is 0 Å². The number of benzene rings is 3. The minimum Gasteiger partial charge on any atom is -0.369 e. The topological polar surface area (TPSA) is 329 Å². The van der Waals surface area contributed by atoms with Crippen molar-refractivity contribution in [3.05, 3.63) is 100 Å². The standard InChI is InChI=1S/C34H41N17O2/c1-6-21-7-26(30(52)43-28-12-22(17(2)45-42-16-35)9-23(13-28)18(3)46-49-32(36)37)11-27(8-21)31(53)44-29-14-24(19(4)47-50-33(38)39)10-25(15-29)20(5)48-51-34(40)41/h6-16H,1H2,2-5H3,(H2,35,42)(H,43,52)(H,44,53)(H4,36,37,49)(H4,38,39,50)(H4,40,41,51)/b45-17-,46-18-,47-19-,48-20+. The van der Waals surface area contributed by atoms with E-state index in [9.17, 15) is 9.59 Å². The zero-order valence-electron chi connectivity index (χ0n) is 29.4. The molecule has 16 N–H and O–H groups in total. The van der Waals surface area contributed by atoms with Gasteiger partial charge in [0.1, 0.15) is 0 Å². The van der Waals surface area contributed by atoms with Gasteiger partial charge in [0.25, 0.3) is 11.8 Å². The Bertz CT molecular complexity index is 2050. The van der Waals surface area contributed by atoms with Crippen molar-refractivity contribution in [2.45, 2.75) is 27.7 Å². The molecule has 0 aliphatic rings. The number of nitrogens with two attached hydrogens (primary N) is 3. The minimum absolute atomic E-state index is 0.153. The second-order valence-electron chi connectivity index (χ2n) is 11.2. The van der Waals surface area contributed by atoms with E-state index in [1.165, 1.54) is 12.1 Å². The van der Waals surface area contributed by atoms with Crippen molar-refractivity contribution in [2.75, 3.05) is 10.6 Å². The molecule has 0 heterocycles. The number of amides is 2. The Kier molecular flexibility index (Phi) is 13.7. The van der Waals surface area contributed by atoms with Gasteiger partial charge in [-0.3, -0.25) is 36.7 Å². The maximum atomic E-state index is 13.7. The van der Waals surface area contributed by atoms with Crippen LogP contribution in [-0.4, -0.2) is 58.9 Å². The molecule has 0 bridgehead atoms. The summed E-state index contributed by atoms with van der Waals surface area (Å²) in [5.41, 5.74) is 31.4. The van der Waals surface area contributed by atoms with E-state index >= 15 is 0 Å². The van der Waals surface area contributed by atoms with Gasteiger partial charge in [-0.25, -0.2) is 16.3 Å². The van der Waals surface area contributed by atoms with Gasteiger partial charge in [-0.05, 0) is 87.9 Å². The van der Waals surface area contributed by atoms with Crippen LogP contribution in [0.2, 0.25) is 0 Å². The molecular formula is C34H41N17O2. The average Bonchev–Trinajstić information content (AvgIpc) is 3.13. The molecule has 0 aliphatic heterocycles. The summed E-state index contributed by atoms with van der Waals surface area (Å²) in [5.74, 6) is -2.15. The molecule has 0 saturated heterocycles. The zero-order chi connectivity index (χ0) is 39.2. The highest BCUT2D eigenvalue weighted by Crippen LogP contribution is 2.22. The Hall–Kier alpha value is -7.70. The van der Waals surface area contributed by atoms with Gasteiger partial charge in [0.15, 0.2) is 0 Å². The highest BCUT2D eigenvalue weighted by atomic mass is 16.2. The van der Waals surface area contributed by atoms with Crippen LogP contribution in [-0.2, 0) is 0 Å². The normalized spacial score (nSPS) is 11.8. The molecule has 3 rings (SSSR count). The first-order chi connectivity index (χ1) is 25.1. The first kappa shape index (κ1) is 39.7. The smallest absolute Gasteiger partial charge is 0.255 e. The summed E-state index contributed by atoms with van der Waals surface area (Å²) in [7, 11) is 0. The van der Waals surface area contributed by atoms with E-state index < -0.39 is 11.8 Å². The van der Waals surface area contributed by atoms with E-state index in [1.54, 1.807) is 76.2 Å².